The maximum Gasteiger partial charge on any atom is 0.0265 e. The van der Waals surface area contributed by atoms with E-state index in [0.717, 1.165) is 0 Å². The Balaban J connectivity index is 2.17. The fraction of sp³-hybridized carbons (Fsp3) is 0.150. The fourth-order valence-electron chi connectivity index (χ4n) is 2.62. The van der Waals surface area contributed by atoms with E-state index in [-0.39, 0.29) is 0 Å². The molecule has 0 bridgehead atoms. The standard InChI is InChI=1S/C20H19P/c1-16(2)19-14-8-9-15-20(19)21(18-12-6-7-13-18)17-10-4-3-5-11-17/h3-12,14-16H,1-2H3. The van der Waals surface area contributed by atoms with Crippen LogP contribution >= 0.6 is 7.92 Å². The van der Waals surface area contributed by atoms with Crippen LogP contribution in [0.5, 0.6) is 0 Å². The van der Waals surface area contributed by atoms with Gasteiger partial charge in [0.05, 0.1) is 0 Å². The highest BCUT2D eigenvalue weighted by Gasteiger charge is 2.21. The first-order valence-corrected chi connectivity index (χ1v) is 8.69. The molecule has 3 rings (SSSR count). The summed E-state index contributed by atoms with van der Waals surface area (Å²) in [6.07, 6.45) is 6.31. The van der Waals surface area contributed by atoms with Crippen LogP contribution in [0.2, 0.25) is 0 Å². The van der Waals surface area contributed by atoms with E-state index in [1.54, 1.807) is 0 Å². The third-order valence-electron chi connectivity index (χ3n) is 3.64. The summed E-state index contributed by atoms with van der Waals surface area (Å²) in [6, 6.07) is 19.7. The molecule has 2 aromatic rings. The predicted octanol–water partition coefficient (Wildman–Crippen LogP) is 4.85. The van der Waals surface area contributed by atoms with Crippen LogP contribution in [0.1, 0.15) is 25.3 Å². The van der Waals surface area contributed by atoms with Gasteiger partial charge >= 0.3 is 0 Å². The third-order valence-corrected chi connectivity index (χ3v) is 6.10. The summed E-state index contributed by atoms with van der Waals surface area (Å²) in [7, 11) is -0.518. The molecule has 0 aliphatic heterocycles. The van der Waals surface area contributed by atoms with E-state index >= 15 is 0 Å². The summed E-state index contributed by atoms with van der Waals surface area (Å²) in [4.78, 5) is 0. The lowest BCUT2D eigenvalue weighted by Gasteiger charge is -2.22. The Morgan fingerprint density at radius 2 is 1.62 bits per heavy atom. The third kappa shape index (κ3) is 2.93. The number of rotatable bonds is 4. The fourth-order valence-corrected chi connectivity index (χ4v) is 5.18. The summed E-state index contributed by atoms with van der Waals surface area (Å²) < 4.78 is 0. The van der Waals surface area contributed by atoms with Crippen molar-refractivity contribution < 1.29 is 0 Å². The number of hydrogen-bond donors (Lipinski definition) is 0. The largest absolute Gasteiger partial charge is 0.112 e. The van der Waals surface area contributed by atoms with Crippen LogP contribution < -0.4 is 10.6 Å². The molecule has 0 aromatic heterocycles. The van der Waals surface area contributed by atoms with Crippen molar-refractivity contribution in [3.8, 4) is 0 Å². The van der Waals surface area contributed by atoms with Gasteiger partial charge in [0.1, 0.15) is 0 Å². The second-order valence-electron chi connectivity index (χ2n) is 5.44. The molecule has 1 atom stereocenters. The minimum absolute atomic E-state index is 0.518. The first-order valence-electron chi connectivity index (χ1n) is 7.35. The van der Waals surface area contributed by atoms with Crippen LogP contribution in [-0.2, 0) is 0 Å². The molecule has 1 heteroatoms. The number of benzene rings is 2. The molecule has 2 aromatic carbocycles. The van der Waals surface area contributed by atoms with E-state index in [9.17, 15) is 0 Å². The molecule has 0 saturated heterocycles. The van der Waals surface area contributed by atoms with Crippen molar-refractivity contribution in [2.45, 2.75) is 19.8 Å². The van der Waals surface area contributed by atoms with E-state index in [1.807, 2.05) is 6.08 Å². The van der Waals surface area contributed by atoms with Crippen LogP contribution in [0.25, 0.3) is 0 Å². The second-order valence-corrected chi connectivity index (χ2v) is 7.59. The lowest BCUT2D eigenvalue weighted by atomic mass is 10.0. The van der Waals surface area contributed by atoms with Crippen molar-refractivity contribution in [2.75, 3.05) is 0 Å². The minimum atomic E-state index is -0.518. The van der Waals surface area contributed by atoms with E-state index in [0.29, 0.717) is 5.92 Å². The van der Waals surface area contributed by atoms with Crippen LogP contribution in [0.15, 0.2) is 83.9 Å². The molecule has 0 nitrogen and oxygen atoms in total. The smallest absolute Gasteiger partial charge is 0.0265 e. The molecule has 104 valence electrons. The molecule has 1 aliphatic rings. The van der Waals surface area contributed by atoms with Gasteiger partial charge in [0.15, 0.2) is 0 Å². The molecular weight excluding hydrogens is 271 g/mol. The highest BCUT2D eigenvalue weighted by Crippen LogP contribution is 2.45. The maximum absolute atomic E-state index is 3.43. The summed E-state index contributed by atoms with van der Waals surface area (Å²) >= 11 is 0. The molecule has 0 amide bonds. The van der Waals surface area contributed by atoms with Crippen LogP contribution in [-0.4, -0.2) is 0 Å². The van der Waals surface area contributed by atoms with Crippen molar-refractivity contribution >= 4 is 18.5 Å². The van der Waals surface area contributed by atoms with E-state index in [2.05, 4.69) is 86.3 Å². The molecule has 0 radical (unpaired) electrons. The van der Waals surface area contributed by atoms with E-state index < -0.39 is 7.92 Å². The zero-order valence-corrected chi connectivity index (χ0v) is 13.3. The molecule has 1 aliphatic carbocycles. The quantitative estimate of drug-likeness (QED) is 0.557. The van der Waals surface area contributed by atoms with Gasteiger partial charge < -0.3 is 0 Å². The van der Waals surface area contributed by atoms with Crippen LogP contribution in [0.4, 0.5) is 0 Å². The Bertz CT molecular complexity index is 717. The van der Waals surface area contributed by atoms with Gasteiger partial charge in [0.2, 0.25) is 0 Å². The summed E-state index contributed by atoms with van der Waals surface area (Å²) in [5.74, 6) is 0.532. The normalized spacial score (nSPS) is 14.5. The zero-order chi connectivity index (χ0) is 14.7. The van der Waals surface area contributed by atoms with Gasteiger partial charge in [0, 0.05) is 5.31 Å². The second kappa shape index (κ2) is 6.27. The van der Waals surface area contributed by atoms with Crippen molar-refractivity contribution in [3.63, 3.8) is 0 Å². The molecular formula is C20H19P. The Kier molecular flexibility index (Phi) is 4.20. The van der Waals surface area contributed by atoms with Gasteiger partial charge in [-0.3, -0.25) is 0 Å². The molecule has 21 heavy (non-hydrogen) atoms. The monoisotopic (exact) mass is 290 g/mol. The summed E-state index contributed by atoms with van der Waals surface area (Å²) in [5.41, 5.74) is 4.88. The Morgan fingerprint density at radius 1 is 0.905 bits per heavy atom. The predicted molar refractivity (Wildman–Crippen MR) is 93.9 cm³/mol. The Morgan fingerprint density at radius 3 is 2.29 bits per heavy atom. The highest BCUT2D eigenvalue weighted by molar-refractivity contribution is 7.77. The highest BCUT2D eigenvalue weighted by atomic mass is 31.1. The van der Waals surface area contributed by atoms with Crippen LogP contribution in [0.3, 0.4) is 0 Å². The Hall–Kier alpha value is -1.87. The van der Waals surface area contributed by atoms with E-state index in [4.69, 9.17) is 0 Å². The van der Waals surface area contributed by atoms with Crippen molar-refractivity contribution in [3.05, 3.63) is 89.4 Å². The van der Waals surface area contributed by atoms with Crippen molar-refractivity contribution in [1.82, 2.24) is 0 Å². The lowest BCUT2D eigenvalue weighted by molar-refractivity contribution is 0.873. The average Bonchev–Trinajstić information content (AvgIpc) is 3.03. The van der Waals surface area contributed by atoms with Crippen LogP contribution in [0, 0.1) is 0 Å². The van der Waals surface area contributed by atoms with Gasteiger partial charge in [-0.15, -0.1) is 5.73 Å². The van der Waals surface area contributed by atoms with Gasteiger partial charge in [-0.2, -0.15) is 0 Å². The summed E-state index contributed by atoms with van der Waals surface area (Å²) in [5, 5.41) is 4.16. The molecule has 0 spiro atoms. The van der Waals surface area contributed by atoms with E-state index in [1.165, 1.54) is 21.5 Å². The summed E-state index contributed by atoms with van der Waals surface area (Å²) in [6.45, 7) is 4.54. The van der Waals surface area contributed by atoms with Gasteiger partial charge in [0.25, 0.3) is 0 Å². The number of allylic oxidation sites excluding steroid dienone is 3. The topological polar surface area (TPSA) is 0 Å². The van der Waals surface area contributed by atoms with Crippen molar-refractivity contribution in [1.29, 1.82) is 0 Å². The molecule has 1 unspecified atom stereocenters. The first-order chi connectivity index (χ1) is 10.3. The maximum atomic E-state index is 3.43. The minimum Gasteiger partial charge on any atom is -0.112 e. The van der Waals surface area contributed by atoms with Gasteiger partial charge in [-0.1, -0.05) is 74.5 Å². The van der Waals surface area contributed by atoms with Gasteiger partial charge in [-0.25, -0.2) is 0 Å². The molecule has 0 fully saturated rings. The zero-order valence-electron chi connectivity index (χ0n) is 12.5. The van der Waals surface area contributed by atoms with Gasteiger partial charge in [-0.05, 0) is 42.2 Å². The average molecular weight is 290 g/mol. The molecule has 0 heterocycles. The molecule has 0 N–H and O–H groups in total. The molecule has 0 saturated carbocycles. The number of hydrogen-bond acceptors (Lipinski definition) is 0. The van der Waals surface area contributed by atoms with Crippen molar-refractivity contribution in [2.24, 2.45) is 0 Å². The Labute approximate surface area is 128 Å². The SMILES string of the molecule is CC(C)c1ccccc1P(C1=C=CC=C1)c1ccccc1. The first kappa shape index (κ1) is 14.1. The lowest BCUT2D eigenvalue weighted by Crippen LogP contribution is -2.17.